The Morgan fingerprint density at radius 1 is 1.34 bits per heavy atom. The van der Waals surface area contributed by atoms with E-state index in [4.69, 9.17) is 14.2 Å². The molecule has 0 amide bonds. The fourth-order valence-corrected chi connectivity index (χ4v) is 4.05. The molecule has 7 nitrogen and oxygen atoms in total. The van der Waals surface area contributed by atoms with Crippen LogP contribution in [0.15, 0.2) is 47.6 Å². The van der Waals surface area contributed by atoms with Gasteiger partial charge in [0.05, 0.1) is 18.1 Å². The molecule has 0 aromatic rings. The van der Waals surface area contributed by atoms with Crippen LogP contribution in [0, 0.1) is 17.8 Å². The molecule has 0 radical (unpaired) electrons. The van der Waals surface area contributed by atoms with Gasteiger partial charge in [0.1, 0.15) is 18.8 Å². The van der Waals surface area contributed by atoms with Gasteiger partial charge in [-0.05, 0) is 37.3 Å². The predicted octanol–water partition coefficient (Wildman–Crippen LogP) is 2.02. The Morgan fingerprint density at radius 3 is 2.72 bits per heavy atom. The molecule has 0 spiro atoms. The number of esters is 3. The summed E-state index contributed by atoms with van der Waals surface area (Å²) >= 11 is 0. The molecule has 0 bridgehead atoms. The molecule has 1 saturated carbocycles. The molecule has 5 atom stereocenters. The zero-order chi connectivity index (χ0) is 21.3. The number of rotatable bonds is 5. The third-order valence-electron chi connectivity index (χ3n) is 5.76. The number of allylic oxidation sites excluding steroid dienone is 1. The topological polar surface area (TPSA) is 99.1 Å². The Balaban J connectivity index is 1.84. The van der Waals surface area contributed by atoms with Crippen LogP contribution in [0.2, 0.25) is 0 Å². The van der Waals surface area contributed by atoms with Crippen LogP contribution in [-0.2, 0) is 28.6 Å². The zero-order valence-corrected chi connectivity index (χ0v) is 16.7. The van der Waals surface area contributed by atoms with Crippen molar-refractivity contribution in [1.29, 1.82) is 0 Å². The number of carbonyl (C=O) groups excluding carboxylic acids is 3. The second kappa shape index (κ2) is 8.37. The second-order valence-corrected chi connectivity index (χ2v) is 7.78. The minimum absolute atomic E-state index is 0.0276. The molecule has 7 heteroatoms. The van der Waals surface area contributed by atoms with E-state index in [0.29, 0.717) is 18.3 Å². The SMILES string of the molecule is C=C1CC(OC(=O)C(=CCOC(C)=O)CO)C2C(=C)C(=O)OC2C=C(C)C2CC12. The largest absolute Gasteiger partial charge is 0.462 e. The standard InChI is InChI=1S/C22H26O7/c1-11-7-18-20(13(3)21(25)28-18)19(8-12(2)17-9-16(11)17)29-22(26)15(10-23)5-6-27-14(4)24/h5,7,16-20,23H,2-3,6,8-10H2,1,4H3. The summed E-state index contributed by atoms with van der Waals surface area (Å²) in [5.74, 6) is -1.56. The van der Waals surface area contributed by atoms with Gasteiger partial charge in [-0.1, -0.05) is 24.3 Å². The zero-order valence-electron chi connectivity index (χ0n) is 16.7. The normalized spacial score (nSPS) is 31.4. The average Bonchev–Trinajstić information content (AvgIpc) is 3.39. The first kappa shape index (κ1) is 21.0. The molecule has 2 aliphatic carbocycles. The summed E-state index contributed by atoms with van der Waals surface area (Å²) in [6.07, 6.45) is 3.34. The van der Waals surface area contributed by atoms with Crippen molar-refractivity contribution in [3.05, 3.63) is 47.6 Å². The van der Waals surface area contributed by atoms with Gasteiger partial charge in [-0.3, -0.25) is 4.79 Å². The van der Waals surface area contributed by atoms with Gasteiger partial charge in [0.2, 0.25) is 0 Å². The van der Waals surface area contributed by atoms with Crippen LogP contribution >= 0.6 is 0 Å². The maximum Gasteiger partial charge on any atom is 0.336 e. The Kier molecular flexibility index (Phi) is 6.07. The van der Waals surface area contributed by atoms with Crippen LogP contribution in [0.4, 0.5) is 0 Å². The summed E-state index contributed by atoms with van der Waals surface area (Å²) in [5.41, 5.74) is 2.33. The van der Waals surface area contributed by atoms with Crippen molar-refractivity contribution < 1.29 is 33.7 Å². The van der Waals surface area contributed by atoms with Crippen molar-refractivity contribution in [2.45, 2.75) is 38.9 Å². The molecule has 2 fully saturated rings. The first-order valence-electron chi connectivity index (χ1n) is 9.62. The predicted molar refractivity (Wildman–Crippen MR) is 103 cm³/mol. The number of ether oxygens (including phenoxy) is 3. The maximum atomic E-state index is 12.7. The highest BCUT2D eigenvalue weighted by atomic mass is 16.6. The van der Waals surface area contributed by atoms with Gasteiger partial charge in [0.15, 0.2) is 0 Å². The highest BCUT2D eigenvalue weighted by Gasteiger charge is 2.49. The van der Waals surface area contributed by atoms with Crippen molar-refractivity contribution in [3.8, 4) is 0 Å². The van der Waals surface area contributed by atoms with Gasteiger partial charge < -0.3 is 19.3 Å². The molecular formula is C22H26O7. The molecule has 5 unspecified atom stereocenters. The molecule has 1 saturated heterocycles. The van der Waals surface area contributed by atoms with Gasteiger partial charge in [0, 0.05) is 18.9 Å². The van der Waals surface area contributed by atoms with E-state index in [1.165, 1.54) is 13.0 Å². The number of aliphatic hydroxyl groups excluding tert-OH is 1. The molecule has 3 aliphatic rings. The van der Waals surface area contributed by atoms with Crippen LogP contribution in [-0.4, -0.2) is 48.4 Å². The van der Waals surface area contributed by atoms with Crippen molar-refractivity contribution in [3.63, 3.8) is 0 Å². The monoisotopic (exact) mass is 402 g/mol. The fraction of sp³-hybridized carbons (Fsp3) is 0.500. The Labute approximate surface area is 169 Å². The van der Waals surface area contributed by atoms with Crippen LogP contribution < -0.4 is 0 Å². The van der Waals surface area contributed by atoms with E-state index in [-0.39, 0.29) is 17.8 Å². The summed E-state index contributed by atoms with van der Waals surface area (Å²) in [4.78, 5) is 35.7. The summed E-state index contributed by atoms with van der Waals surface area (Å²) in [7, 11) is 0. The van der Waals surface area contributed by atoms with Gasteiger partial charge in [-0.15, -0.1) is 0 Å². The number of carbonyl (C=O) groups is 3. The lowest BCUT2D eigenvalue weighted by Crippen LogP contribution is -2.34. The summed E-state index contributed by atoms with van der Waals surface area (Å²) in [5, 5.41) is 9.52. The minimum Gasteiger partial charge on any atom is -0.462 e. The highest BCUT2D eigenvalue weighted by Crippen LogP contribution is 2.52. The van der Waals surface area contributed by atoms with E-state index in [1.54, 1.807) is 0 Å². The molecule has 3 rings (SSSR count). The lowest BCUT2D eigenvalue weighted by Gasteiger charge is -2.26. The summed E-state index contributed by atoms with van der Waals surface area (Å²) in [6, 6.07) is 0. The Morgan fingerprint density at radius 2 is 2.07 bits per heavy atom. The van der Waals surface area contributed by atoms with Crippen LogP contribution in [0.3, 0.4) is 0 Å². The summed E-state index contributed by atoms with van der Waals surface area (Å²) < 4.78 is 16.0. The van der Waals surface area contributed by atoms with Crippen molar-refractivity contribution in [1.82, 2.24) is 0 Å². The molecular weight excluding hydrogens is 376 g/mol. The highest BCUT2D eigenvalue weighted by molar-refractivity contribution is 5.92. The molecule has 1 aliphatic heterocycles. The quantitative estimate of drug-likeness (QED) is 0.325. The Hall–Kier alpha value is -2.67. The third kappa shape index (κ3) is 4.50. The smallest absolute Gasteiger partial charge is 0.336 e. The summed E-state index contributed by atoms with van der Waals surface area (Å²) in [6.45, 7) is 10.6. The second-order valence-electron chi connectivity index (χ2n) is 7.78. The van der Waals surface area contributed by atoms with E-state index in [2.05, 4.69) is 13.2 Å². The lowest BCUT2D eigenvalue weighted by molar-refractivity contribution is -0.148. The minimum atomic E-state index is -0.740. The fourth-order valence-electron chi connectivity index (χ4n) is 4.05. The molecule has 0 aromatic heterocycles. The molecule has 1 N–H and O–H groups in total. The van der Waals surface area contributed by atoms with Gasteiger partial charge >= 0.3 is 17.9 Å². The number of aliphatic hydroxyl groups is 1. The van der Waals surface area contributed by atoms with Crippen LogP contribution in [0.5, 0.6) is 0 Å². The molecule has 1 heterocycles. The van der Waals surface area contributed by atoms with E-state index in [1.807, 2.05) is 13.0 Å². The van der Waals surface area contributed by atoms with E-state index in [0.717, 1.165) is 17.6 Å². The van der Waals surface area contributed by atoms with E-state index < -0.39 is 42.6 Å². The van der Waals surface area contributed by atoms with Gasteiger partial charge in [0.25, 0.3) is 0 Å². The molecule has 156 valence electrons. The number of hydrogen-bond donors (Lipinski definition) is 1. The first-order chi connectivity index (χ1) is 13.7. The Bertz CT molecular complexity index is 819. The first-order valence-corrected chi connectivity index (χ1v) is 9.62. The molecule has 0 aromatic carbocycles. The number of fused-ring (bicyclic) bond motifs is 2. The maximum absolute atomic E-state index is 12.7. The van der Waals surface area contributed by atoms with E-state index >= 15 is 0 Å². The van der Waals surface area contributed by atoms with Crippen LogP contribution in [0.25, 0.3) is 0 Å². The molecule has 29 heavy (non-hydrogen) atoms. The number of hydrogen-bond acceptors (Lipinski definition) is 7. The van der Waals surface area contributed by atoms with Crippen molar-refractivity contribution >= 4 is 17.9 Å². The van der Waals surface area contributed by atoms with Crippen LogP contribution in [0.1, 0.15) is 26.7 Å². The third-order valence-corrected chi connectivity index (χ3v) is 5.76. The van der Waals surface area contributed by atoms with Gasteiger partial charge in [-0.2, -0.15) is 0 Å². The lowest BCUT2D eigenvalue weighted by atomic mass is 9.87. The average molecular weight is 402 g/mol. The van der Waals surface area contributed by atoms with Crippen molar-refractivity contribution in [2.24, 2.45) is 17.8 Å². The van der Waals surface area contributed by atoms with Crippen molar-refractivity contribution in [2.75, 3.05) is 13.2 Å². The van der Waals surface area contributed by atoms with Gasteiger partial charge in [-0.25, -0.2) is 9.59 Å². The van der Waals surface area contributed by atoms with E-state index in [9.17, 15) is 19.5 Å².